The molecule has 2 aliphatic heterocycles. The van der Waals surface area contributed by atoms with E-state index < -0.39 is 22.8 Å². The van der Waals surface area contributed by atoms with Gasteiger partial charge in [0.1, 0.15) is 6.54 Å². The zero-order chi connectivity index (χ0) is 38.7. The highest BCUT2D eigenvalue weighted by atomic mass is 16.4. The standard InChI is InChI=1S/C46H48N2O6/c1-7-9-10-11-12-13-22-48-36-21-17-28-24-30(44(53)54)15-19-32(28)40(36)46(5,6)38(48)26-34-41(49)33(42(34)50)25-37-45(3,4)39-31-18-14-29(43(51)52)23-27(31)16-20-35(39)47(37)8-2/h14-21,23-26H,7-13,22H2,1-6H3,(H2-,49,50,51,52,53,54). The van der Waals surface area contributed by atoms with Crippen molar-refractivity contribution in [3.63, 3.8) is 0 Å². The number of benzene rings is 4. The van der Waals surface area contributed by atoms with Crippen molar-refractivity contribution in [3.05, 3.63) is 118 Å². The smallest absolute Gasteiger partial charge is 0.335 e. The van der Waals surface area contributed by atoms with Gasteiger partial charge in [0.2, 0.25) is 5.69 Å². The first-order valence-corrected chi connectivity index (χ1v) is 19.2. The SMILES string of the molecule is CCCCCCCC[N+]1=C(/C=C2\C(=O)C(/C=C3/N(CC)c4ccc5cc(C(=O)O)ccc5c4C3(C)C)=C2[O-])C(C)(C)c2c1ccc1cc(C(=O)O)ccc21. The number of carbonyl (C=O) groups excluding carboxylic acids is 1. The van der Waals surface area contributed by atoms with Crippen LogP contribution in [0.5, 0.6) is 0 Å². The lowest BCUT2D eigenvalue weighted by atomic mass is 9.76. The Hall–Kier alpha value is -5.50. The van der Waals surface area contributed by atoms with Crippen LogP contribution in [0, 0.1) is 0 Å². The van der Waals surface area contributed by atoms with Gasteiger partial charge >= 0.3 is 11.9 Å². The van der Waals surface area contributed by atoms with Crippen molar-refractivity contribution in [2.45, 2.75) is 90.9 Å². The summed E-state index contributed by atoms with van der Waals surface area (Å²) in [6.45, 7) is 14.0. The monoisotopic (exact) mass is 724 g/mol. The van der Waals surface area contributed by atoms with Gasteiger partial charge in [-0.05, 0) is 96.8 Å². The Kier molecular flexibility index (Phi) is 9.37. The number of rotatable bonds is 12. The zero-order valence-electron chi connectivity index (χ0n) is 32.0. The van der Waals surface area contributed by atoms with E-state index in [1.54, 1.807) is 36.4 Å². The number of likely N-dealkylation sites (N-methyl/N-ethyl adjacent to an activating group) is 1. The van der Waals surface area contributed by atoms with Gasteiger partial charge in [0, 0.05) is 58.6 Å². The predicted molar refractivity (Wildman–Crippen MR) is 212 cm³/mol. The number of carbonyl (C=O) groups is 3. The molecule has 0 unspecified atom stereocenters. The Labute approximate surface area is 316 Å². The van der Waals surface area contributed by atoms with Gasteiger partial charge in [-0.1, -0.05) is 70.4 Å². The summed E-state index contributed by atoms with van der Waals surface area (Å²) in [5.74, 6) is -2.51. The van der Waals surface area contributed by atoms with E-state index in [2.05, 4.69) is 44.1 Å². The lowest BCUT2D eigenvalue weighted by molar-refractivity contribution is -0.438. The molecule has 0 amide bonds. The second-order valence-electron chi connectivity index (χ2n) is 15.9. The average molecular weight is 725 g/mol. The third-order valence-corrected chi connectivity index (χ3v) is 11.8. The summed E-state index contributed by atoms with van der Waals surface area (Å²) in [7, 11) is 0. The molecule has 7 rings (SSSR count). The number of hydrogen-bond acceptors (Lipinski definition) is 5. The number of aromatic carboxylic acids is 2. The summed E-state index contributed by atoms with van der Waals surface area (Å²) >= 11 is 0. The molecule has 1 aliphatic carbocycles. The summed E-state index contributed by atoms with van der Waals surface area (Å²) < 4.78 is 2.26. The van der Waals surface area contributed by atoms with Crippen LogP contribution in [-0.4, -0.2) is 51.3 Å². The lowest BCUT2D eigenvalue weighted by Gasteiger charge is -2.32. The molecule has 8 heteroatoms. The minimum absolute atomic E-state index is 0.163. The number of hydrogen-bond donors (Lipinski definition) is 2. The van der Waals surface area contributed by atoms with Gasteiger partial charge in [0.25, 0.3) is 0 Å². The van der Waals surface area contributed by atoms with Crippen LogP contribution in [0.3, 0.4) is 0 Å². The van der Waals surface area contributed by atoms with Crippen LogP contribution < -0.4 is 10.0 Å². The normalized spacial score (nSPS) is 18.6. The van der Waals surface area contributed by atoms with Crippen LogP contribution >= 0.6 is 0 Å². The Morgan fingerprint density at radius 3 is 1.94 bits per heavy atom. The van der Waals surface area contributed by atoms with Gasteiger partial charge in [0.05, 0.1) is 16.5 Å². The Morgan fingerprint density at radius 1 is 0.759 bits per heavy atom. The highest BCUT2D eigenvalue weighted by Crippen LogP contribution is 2.52. The molecule has 0 saturated carbocycles. The van der Waals surface area contributed by atoms with Crippen LogP contribution in [0.25, 0.3) is 21.5 Å². The molecule has 0 saturated heterocycles. The van der Waals surface area contributed by atoms with E-state index >= 15 is 0 Å². The van der Waals surface area contributed by atoms with E-state index in [-0.39, 0.29) is 33.8 Å². The molecular formula is C46H48N2O6. The molecule has 0 bridgehead atoms. The quantitative estimate of drug-likeness (QED) is 0.0850. The number of anilines is 1. The Bertz CT molecular complexity index is 2410. The summed E-state index contributed by atoms with van der Waals surface area (Å²) in [6.07, 6.45) is 10.4. The van der Waals surface area contributed by atoms with E-state index in [4.69, 9.17) is 0 Å². The van der Waals surface area contributed by atoms with Gasteiger partial charge in [-0.15, -0.1) is 0 Å². The van der Waals surface area contributed by atoms with Crippen molar-refractivity contribution in [1.82, 2.24) is 0 Å². The molecule has 3 aliphatic rings. The molecule has 0 radical (unpaired) electrons. The maximum Gasteiger partial charge on any atom is 0.335 e. The number of ketones is 1. The minimum Gasteiger partial charge on any atom is -0.871 e. The second kappa shape index (κ2) is 13.7. The van der Waals surface area contributed by atoms with Crippen LogP contribution in [-0.2, 0) is 15.6 Å². The number of unbranched alkanes of at least 4 members (excludes halogenated alkanes) is 5. The number of nitrogens with zero attached hydrogens (tertiary/aromatic N) is 2. The fourth-order valence-electron chi connectivity index (χ4n) is 8.97. The molecule has 0 fully saturated rings. The highest BCUT2D eigenvalue weighted by molar-refractivity contribution is 6.24. The van der Waals surface area contributed by atoms with Crippen LogP contribution in [0.15, 0.2) is 95.4 Å². The second-order valence-corrected chi connectivity index (χ2v) is 15.9. The molecular weight excluding hydrogens is 677 g/mol. The number of carboxylic acid groups (broad SMARTS) is 2. The summed E-state index contributed by atoms with van der Waals surface area (Å²) in [6, 6.07) is 18.3. The molecule has 8 nitrogen and oxygen atoms in total. The lowest BCUT2D eigenvalue weighted by Crippen LogP contribution is -2.35. The van der Waals surface area contributed by atoms with Crippen LogP contribution in [0.4, 0.5) is 11.4 Å². The van der Waals surface area contributed by atoms with Crippen molar-refractivity contribution in [2.24, 2.45) is 0 Å². The van der Waals surface area contributed by atoms with E-state index in [0.717, 1.165) is 81.3 Å². The molecule has 0 atom stereocenters. The summed E-state index contributed by atoms with van der Waals surface area (Å²) in [5, 5.41) is 36.9. The fraction of sp³-hybridized carbons (Fsp3) is 0.348. The molecule has 2 N–H and O–H groups in total. The highest BCUT2D eigenvalue weighted by Gasteiger charge is 2.47. The third kappa shape index (κ3) is 5.83. The largest absolute Gasteiger partial charge is 0.871 e. The van der Waals surface area contributed by atoms with Gasteiger partial charge in [-0.25, -0.2) is 9.59 Å². The summed E-state index contributed by atoms with van der Waals surface area (Å²) in [5.41, 5.74) is 5.49. The van der Waals surface area contributed by atoms with E-state index in [0.29, 0.717) is 6.54 Å². The van der Waals surface area contributed by atoms with Crippen molar-refractivity contribution in [1.29, 1.82) is 0 Å². The molecule has 4 aromatic rings. The average Bonchev–Trinajstić information content (AvgIpc) is 3.51. The topological polar surface area (TPSA) is 121 Å². The predicted octanol–water partition coefficient (Wildman–Crippen LogP) is 8.95. The van der Waals surface area contributed by atoms with Crippen molar-refractivity contribution < 1.29 is 34.3 Å². The third-order valence-electron chi connectivity index (χ3n) is 11.8. The molecule has 2 heterocycles. The van der Waals surface area contributed by atoms with Gasteiger partial charge in [-0.3, -0.25) is 4.79 Å². The number of allylic oxidation sites excluding steroid dienone is 5. The van der Waals surface area contributed by atoms with Gasteiger partial charge in [-0.2, -0.15) is 4.58 Å². The molecule has 4 aromatic carbocycles. The maximum atomic E-state index is 14.1. The molecule has 0 spiro atoms. The number of fused-ring (bicyclic) bond motifs is 6. The Balaban J connectivity index is 1.29. The zero-order valence-corrected chi connectivity index (χ0v) is 32.0. The fourth-order valence-corrected chi connectivity index (χ4v) is 8.97. The maximum absolute atomic E-state index is 14.1. The van der Waals surface area contributed by atoms with Crippen molar-refractivity contribution in [3.8, 4) is 0 Å². The van der Waals surface area contributed by atoms with E-state index in [1.165, 1.54) is 19.3 Å². The number of Topliss-reactive ketones (excluding diaryl/α,β-unsaturated/α-hetero) is 1. The molecule has 54 heavy (non-hydrogen) atoms. The van der Waals surface area contributed by atoms with Crippen LogP contribution in [0.2, 0.25) is 0 Å². The summed E-state index contributed by atoms with van der Waals surface area (Å²) in [4.78, 5) is 39.7. The molecule has 0 aromatic heterocycles. The number of carboxylic acids is 2. The van der Waals surface area contributed by atoms with Gasteiger partial charge in [0.15, 0.2) is 11.5 Å². The van der Waals surface area contributed by atoms with Gasteiger partial charge < -0.3 is 20.2 Å². The van der Waals surface area contributed by atoms with Crippen LogP contribution in [0.1, 0.15) is 112 Å². The van der Waals surface area contributed by atoms with E-state index in [9.17, 15) is 29.7 Å². The molecule has 278 valence electrons. The van der Waals surface area contributed by atoms with Crippen molar-refractivity contribution in [2.75, 3.05) is 18.0 Å². The first-order valence-electron chi connectivity index (χ1n) is 19.2. The van der Waals surface area contributed by atoms with E-state index in [1.807, 2.05) is 43.3 Å². The first kappa shape index (κ1) is 36.8. The Morgan fingerprint density at radius 2 is 1.35 bits per heavy atom. The minimum atomic E-state index is -0.981. The first-order chi connectivity index (χ1) is 25.7. The van der Waals surface area contributed by atoms with Crippen molar-refractivity contribution >= 4 is 56.4 Å².